The number of piperidine rings is 1. The zero-order valence-corrected chi connectivity index (χ0v) is 9.24. The zero-order valence-electron chi connectivity index (χ0n) is 9.24. The van der Waals surface area contributed by atoms with Crippen molar-refractivity contribution in [2.24, 2.45) is 11.8 Å². The van der Waals surface area contributed by atoms with Crippen LogP contribution in [0.25, 0.3) is 0 Å². The predicted molar refractivity (Wildman–Crippen MR) is 57.9 cm³/mol. The highest BCUT2D eigenvalue weighted by Crippen LogP contribution is 2.33. The Hall–Kier alpha value is -1.10. The highest BCUT2D eigenvalue weighted by molar-refractivity contribution is 5.85. The molecule has 90 valence electrons. The molecule has 0 bridgehead atoms. The number of carboxylic acid groups (broad SMARTS) is 1. The van der Waals surface area contributed by atoms with Gasteiger partial charge in [0.25, 0.3) is 0 Å². The van der Waals surface area contributed by atoms with Crippen LogP contribution in [0.15, 0.2) is 0 Å². The Morgan fingerprint density at radius 2 is 1.81 bits per heavy atom. The lowest BCUT2D eigenvalue weighted by Crippen LogP contribution is -2.47. The number of hydrogen-bond acceptors (Lipinski definition) is 3. The minimum Gasteiger partial charge on any atom is -0.480 e. The minimum atomic E-state index is -0.898. The third kappa shape index (κ3) is 2.72. The Bertz CT molecular complexity index is 283. The summed E-state index contributed by atoms with van der Waals surface area (Å²) < 4.78 is 0. The van der Waals surface area contributed by atoms with Crippen molar-refractivity contribution in [1.29, 1.82) is 0 Å². The summed E-state index contributed by atoms with van der Waals surface area (Å²) >= 11 is 0. The molecule has 1 aliphatic carbocycles. The maximum absolute atomic E-state index is 11.8. The van der Waals surface area contributed by atoms with Gasteiger partial charge in [-0.05, 0) is 44.7 Å². The van der Waals surface area contributed by atoms with E-state index >= 15 is 0 Å². The molecule has 3 N–H and O–H groups in total. The van der Waals surface area contributed by atoms with E-state index in [4.69, 9.17) is 5.11 Å². The summed E-state index contributed by atoms with van der Waals surface area (Å²) in [5.74, 6) is -0.837. The zero-order chi connectivity index (χ0) is 11.5. The van der Waals surface area contributed by atoms with Crippen LogP contribution >= 0.6 is 0 Å². The van der Waals surface area contributed by atoms with Gasteiger partial charge in [-0.3, -0.25) is 4.79 Å². The maximum Gasteiger partial charge on any atom is 0.326 e. The van der Waals surface area contributed by atoms with Gasteiger partial charge in [-0.1, -0.05) is 0 Å². The van der Waals surface area contributed by atoms with E-state index in [9.17, 15) is 9.59 Å². The monoisotopic (exact) mass is 226 g/mol. The quantitative estimate of drug-likeness (QED) is 0.629. The van der Waals surface area contributed by atoms with E-state index in [-0.39, 0.29) is 17.7 Å². The van der Waals surface area contributed by atoms with Crippen LogP contribution in [0.5, 0.6) is 0 Å². The van der Waals surface area contributed by atoms with E-state index in [2.05, 4.69) is 10.6 Å². The Morgan fingerprint density at radius 3 is 2.31 bits per heavy atom. The average Bonchev–Trinajstić information content (AvgIpc) is 3.10. The number of amides is 1. The highest BCUT2D eigenvalue weighted by atomic mass is 16.4. The van der Waals surface area contributed by atoms with E-state index in [0.29, 0.717) is 0 Å². The van der Waals surface area contributed by atoms with Gasteiger partial charge < -0.3 is 15.7 Å². The van der Waals surface area contributed by atoms with Crippen LogP contribution in [0.1, 0.15) is 25.7 Å². The van der Waals surface area contributed by atoms with Gasteiger partial charge in [0.05, 0.1) is 0 Å². The summed E-state index contributed by atoms with van der Waals surface area (Å²) in [6.45, 7) is 1.69. The molecule has 0 aromatic rings. The predicted octanol–water partition coefficient (Wildman–Crippen LogP) is -0.0346. The Kier molecular flexibility index (Phi) is 3.43. The van der Waals surface area contributed by atoms with Crippen molar-refractivity contribution in [3.8, 4) is 0 Å². The molecule has 2 fully saturated rings. The number of carbonyl (C=O) groups excluding carboxylic acids is 1. The third-order valence-corrected chi connectivity index (χ3v) is 3.37. The lowest BCUT2D eigenvalue weighted by molar-refractivity contribution is -0.143. The first-order valence-electron chi connectivity index (χ1n) is 5.92. The molecule has 0 aromatic heterocycles. The van der Waals surface area contributed by atoms with Gasteiger partial charge in [-0.25, -0.2) is 4.79 Å². The van der Waals surface area contributed by atoms with Crippen LogP contribution in [0, 0.1) is 11.8 Å². The van der Waals surface area contributed by atoms with Crippen molar-refractivity contribution in [3.05, 3.63) is 0 Å². The lowest BCUT2D eigenvalue weighted by atomic mass is 9.96. The van der Waals surface area contributed by atoms with E-state index < -0.39 is 12.0 Å². The first-order valence-corrected chi connectivity index (χ1v) is 5.92. The summed E-state index contributed by atoms with van der Waals surface area (Å²) in [5.41, 5.74) is 0. The summed E-state index contributed by atoms with van der Waals surface area (Å²) in [6.07, 6.45) is 3.46. The minimum absolute atomic E-state index is 0.0122. The molecule has 1 unspecified atom stereocenters. The van der Waals surface area contributed by atoms with Gasteiger partial charge in [0.2, 0.25) is 5.91 Å². The van der Waals surface area contributed by atoms with Crippen molar-refractivity contribution < 1.29 is 14.7 Å². The molecule has 5 nitrogen and oxygen atoms in total. The summed E-state index contributed by atoms with van der Waals surface area (Å²) in [5, 5.41) is 14.9. The molecule has 2 aliphatic rings. The van der Waals surface area contributed by atoms with E-state index in [0.717, 1.165) is 38.8 Å². The molecule has 2 rings (SSSR count). The third-order valence-electron chi connectivity index (χ3n) is 3.37. The second kappa shape index (κ2) is 4.82. The maximum atomic E-state index is 11.8. The molecule has 1 saturated carbocycles. The molecule has 1 atom stereocenters. The second-order valence-electron chi connectivity index (χ2n) is 4.69. The average molecular weight is 226 g/mol. The Morgan fingerprint density at radius 1 is 1.19 bits per heavy atom. The first kappa shape index (κ1) is 11.4. The molecule has 5 heteroatoms. The summed E-state index contributed by atoms with van der Waals surface area (Å²) in [6, 6.07) is -0.664. The SMILES string of the molecule is O=C(NC(C(=O)O)C1CC1)C1CCNCC1. The Labute approximate surface area is 94.6 Å². The van der Waals surface area contributed by atoms with Crippen LogP contribution in [0.3, 0.4) is 0 Å². The number of rotatable bonds is 4. The largest absolute Gasteiger partial charge is 0.480 e. The molecule has 0 spiro atoms. The lowest BCUT2D eigenvalue weighted by Gasteiger charge is -2.23. The molecule has 1 saturated heterocycles. The molecule has 1 amide bonds. The molecule has 1 heterocycles. The number of nitrogens with one attached hydrogen (secondary N) is 2. The van der Waals surface area contributed by atoms with Crippen LogP contribution < -0.4 is 10.6 Å². The van der Waals surface area contributed by atoms with Gasteiger partial charge in [0.1, 0.15) is 6.04 Å². The van der Waals surface area contributed by atoms with Crippen molar-refractivity contribution in [1.82, 2.24) is 10.6 Å². The van der Waals surface area contributed by atoms with Gasteiger partial charge in [0.15, 0.2) is 0 Å². The van der Waals surface area contributed by atoms with Crippen molar-refractivity contribution >= 4 is 11.9 Å². The Balaban J connectivity index is 1.86. The number of carbonyl (C=O) groups is 2. The van der Waals surface area contributed by atoms with Gasteiger partial charge >= 0.3 is 5.97 Å². The number of aliphatic carboxylic acids is 1. The van der Waals surface area contributed by atoms with Crippen molar-refractivity contribution in [2.45, 2.75) is 31.7 Å². The molecule has 16 heavy (non-hydrogen) atoms. The fraction of sp³-hybridized carbons (Fsp3) is 0.818. The van der Waals surface area contributed by atoms with E-state index in [1.54, 1.807) is 0 Å². The summed E-state index contributed by atoms with van der Waals surface area (Å²) in [4.78, 5) is 22.8. The molecular weight excluding hydrogens is 208 g/mol. The van der Waals surface area contributed by atoms with Crippen molar-refractivity contribution in [2.75, 3.05) is 13.1 Å². The normalized spacial score (nSPS) is 23.8. The molecule has 0 aromatic carbocycles. The molecular formula is C11H18N2O3. The van der Waals surface area contributed by atoms with E-state index in [1.165, 1.54) is 0 Å². The highest BCUT2D eigenvalue weighted by Gasteiger charge is 2.38. The standard InChI is InChI=1S/C11H18N2O3/c14-10(8-3-5-12-6-4-8)13-9(11(15)16)7-1-2-7/h7-9,12H,1-6H2,(H,13,14)(H,15,16). The van der Waals surface area contributed by atoms with Crippen molar-refractivity contribution in [3.63, 3.8) is 0 Å². The van der Waals surface area contributed by atoms with E-state index in [1.807, 2.05) is 0 Å². The molecule has 0 radical (unpaired) electrons. The number of carboxylic acids is 1. The fourth-order valence-corrected chi connectivity index (χ4v) is 2.17. The topological polar surface area (TPSA) is 78.4 Å². The van der Waals surface area contributed by atoms with Crippen LogP contribution in [0.4, 0.5) is 0 Å². The number of hydrogen-bond donors (Lipinski definition) is 3. The fourth-order valence-electron chi connectivity index (χ4n) is 2.17. The van der Waals surface area contributed by atoms with Gasteiger partial charge in [-0.15, -0.1) is 0 Å². The van der Waals surface area contributed by atoms with Crippen LogP contribution in [-0.4, -0.2) is 36.1 Å². The van der Waals surface area contributed by atoms with Crippen LogP contribution in [-0.2, 0) is 9.59 Å². The second-order valence-corrected chi connectivity index (χ2v) is 4.69. The van der Waals surface area contributed by atoms with Gasteiger partial charge in [-0.2, -0.15) is 0 Å². The summed E-state index contributed by atoms with van der Waals surface area (Å²) in [7, 11) is 0. The first-order chi connectivity index (χ1) is 7.68. The molecule has 1 aliphatic heterocycles. The smallest absolute Gasteiger partial charge is 0.326 e. The van der Waals surface area contributed by atoms with Crippen LogP contribution in [0.2, 0.25) is 0 Å². The van der Waals surface area contributed by atoms with Gasteiger partial charge in [0, 0.05) is 5.92 Å².